The number of fused-ring (bicyclic) bond motifs is 1. The molecule has 38 heavy (non-hydrogen) atoms. The van der Waals surface area contributed by atoms with Crippen molar-refractivity contribution in [2.24, 2.45) is 11.5 Å². The molecule has 0 aliphatic heterocycles. The molecule has 0 bridgehead atoms. The normalized spacial score (nSPS) is 11.8. The lowest BCUT2D eigenvalue weighted by Crippen LogP contribution is -2.19. The van der Waals surface area contributed by atoms with Crippen molar-refractivity contribution in [1.29, 1.82) is 5.41 Å². The summed E-state index contributed by atoms with van der Waals surface area (Å²) >= 11 is 0. The number of hydrogen-bond acceptors (Lipinski definition) is 11. The summed E-state index contributed by atoms with van der Waals surface area (Å²) in [4.78, 5) is 13.3. The number of hydrogen-bond donors (Lipinski definition) is 5. The Hall–Kier alpha value is -4.98. The highest BCUT2D eigenvalue weighted by Crippen LogP contribution is 2.31. The van der Waals surface area contributed by atoms with Crippen LogP contribution in [0.25, 0.3) is 22.6 Å². The molecule has 4 rings (SSSR count). The van der Waals surface area contributed by atoms with Crippen LogP contribution >= 0.6 is 0 Å². The van der Waals surface area contributed by atoms with Crippen molar-refractivity contribution < 1.29 is 14.5 Å². The number of nitrogens with one attached hydrogen (secondary N) is 1. The SMILES string of the molecule is CC(C)(O)C#Cc1nc(OC(CN)c2ccncc2)cc2c1nc(-c1nonc1N)n2CCC#CC(=N)N. The van der Waals surface area contributed by atoms with Gasteiger partial charge < -0.3 is 31.6 Å². The lowest BCUT2D eigenvalue weighted by atomic mass is 10.1. The molecule has 0 aliphatic carbocycles. The summed E-state index contributed by atoms with van der Waals surface area (Å²) in [5.74, 6) is 11.4. The van der Waals surface area contributed by atoms with E-state index in [0.717, 1.165) is 5.56 Å². The van der Waals surface area contributed by atoms with Gasteiger partial charge in [-0.3, -0.25) is 10.4 Å². The van der Waals surface area contributed by atoms with Crippen LogP contribution in [0.15, 0.2) is 35.2 Å². The maximum Gasteiger partial charge on any atom is 0.217 e. The standard InChI is InChI=1S/C25H26N10O3/c1-25(2,36)9-6-16-21-17(13-20(31-16)37-18(14-26)15-7-10-30-11-8-15)35(12-4-3-5-19(27)28)24(32-21)22-23(29)34-38-33-22/h7-8,10-11,13,18,36H,4,12,14,26H2,1-2H3,(H3,27,28)(H2,29,34). The maximum absolute atomic E-state index is 10.2. The molecule has 0 radical (unpaired) electrons. The number of aromatic nitrogens is 6. The minimum absolute atomic E-state index is 0.0471. The Morgan fingerprint density at radius 1 is 1.26 bits per heavy atom. The number of amidine groups is 1. The van der Waals surface area contributed by atoms with E-state index < -0.39 is 11.7 Å². The minimum Gasteiger partial charge on any atom is -0.468 e. The Bertz CT molecular complexity index is 1580. The number of ether oxygens (including phenoxy) is 1. The molecule has 13 heteroatoms. The fourth-order valence-electron chi connectivity index (χ4n) is 3.52. The zero-order valence-electron chi connectivity index (χ0n) is 20.8. The third-order valence-electron chi connectivity index (χ3n) is 5.16. The van der Waals surface area contributed by atoms with Crippen LogP contribution in [0.4, 0.5) is 5.82 Å². The van der Waals surface area contributed by atoms with Crippen LogP contribution in [0, 0.1) is 29.1 Å². The monoisotopic (exact) mass is 514 g/mol. The summed E-state index contributed by atoms with van der Waals surface area (Å²) in [5.41, 5.74) is 18.4. The van der Waals surface area contributed by atoms with E-state index in [1.165, 1.54) is 0 Å². The molecule has 0 saturated heterocycles. The van der Waals surface area contributed by atoms with E-state index in [2.05, 4.69) is 44.0 Å². The molecule has 0 aliphatic rings. The van der Waals surface area contributed by atoms with Gasteiger partial charge in [0, 0.05) is 38.0 Å². The van der Waals surface area contributed by atoms with Crippen molar-refractivity contribution in [3.05, 3.63) is 41.9 Å². The Morgan fingerprint density at radius 2 is 2.03 bits per heavy atom. The van der Waals surface area contributed by atoms with Crippen LogP contribution in [0.5, 0.6) is 5.88 Å². The van der Waals surface area contributed by atoms with Gasteiger partial charge >= 0.3 is 0 Å². The van der Waals surface area contributed by atoms with E-state index >= 15 is 0 Å². The fraction of sp³-hybridized carbons (Fsp3) is 0.280. The average molecular weight is 515 g/mol. The molecule has 1 unspecified atom stereocenters. The van der Waals surface area contributed by atoms with Gasteiger partial charge in [0.1, 0.15) is 22.9 Å². The Morgan fingerprint density at radius 3 is 2.66 bits per heavy atom. The lowest BCUT2D eigenvalue weighted by molar-refractivity contribution is 0.143. The molecule has 4 aromatic rings. The van der Waals surface area contributed by atoms with Crippen molar-refractivity contribution in [2.45, 2.75) is 38.5 Å². The summed E-state index contributed by atoms with van der Waals surface area (Å²) < 4.78 is 12.8. The third-order valence-corrected chi connectivity index (χ3v) is 5.16. The second-order valence-corrected chi connectivity index (χ2v) is 8.66. The third kappa shape index (κ3) is 6.04. The first-order valence-electron chi connectivity index (χ1n) is 11.5. The second-order valence-electron chi connectivity index (χ2n) is 8.66. The lowest BCUT2D eigenvalue weighted by Gasteiger charge is -2.17. The van der Waals surface area contributed by atoms with Gasteiger partial charge in [0.2, 0.25) is 5.88 Å². The highest BCUT2D eigenvalue weighted by Gasteiger charge is 2.23. The summed E-state index contributed by atoms with van der Waals surface area (Å²) in [6, 6.07) is 5.32. The predicted molar refractivity (Wildman–Crippen MR) is 139 cm³/mol. The number of pyridine rings is 2. The van der Waals surface area contributed by atoms with E-state index in [-0.39, 0.29) is 35.5 Å². The van der Waals surface area contributed by atoms with Gasteiger partial charge in [0.25, 0.3) is 0 Å². The molecule has 0 amide bonds. The van der Waals surface area contributed by atoms with Crippen LogP contribution in [0.2, 0.25) is 0 Å². The fourth-order valence-corrected chi connectivity index (χ4v) is 3.52. The number of nitrogen functional groups attached to an aromatic ring is 1. The van der Waals surface area contributed by atoms with E-state index in [9.17, 15) is 5.11 Å². The molecule has 13 nitrogen and oxygen atoms in total. The van der Waals surface area contributed by atoms with Gasteiger partial charge in [0.05, 0.1) is 5.52 Å². The zero-order valence-corrected chi connectivity index (χ0v) is 20.8. The quantitative estimate of drug-likeness (QED) is 0.133. The molecular formula is C25H26N10O3. The van der Waals surface area contributed by atoms with E-state index in [1.807, 2.05) is 0 Å². The van der Waals surface area contributed by atoms with Gasteiger partial charge in [-0.05, 0) is 53.7 Å². The molecule has 4 aromatic heterocycles. The zero-order chi connectivity index (χ0) is 27.3. The summed E-state index contributed by atoms with van der Waals surface area (Å²) in [6.45, 7) is 3.63. The highest BCUT2D eigenvalue weighted by atomic mass is 16.6. The van der Waals surface area contributed by atoms with Gasteiger partial charge in [0.15, 0.2) is 23.2 Å². The molecular weight excluding hydrogens is 488 g/mol. The van der Waals surface area contributed by atoms with Crippen LogP contribution in [0.3, 0.4) is 0 Å². The van der Waals surface area contributed by atoms with Gasteiger partial charge in [-0.2, -0.15) is 0 Å². The number of aliphatic hydroxyl groups is 1. The van der Waals surface area contributed by atoms with E-state index in [4.69, 9.17) is 37.0 Å². The number of imidazole rings is 1. The number of nitrogens with two attached hydrogens (primary N) is 3. The molecule has 0 saturated carbocycles. The second kappa shape index (κ2) is 11.0. The largest absolute Gasteiger partial charge is 0.468 e. The van der Waals surface area contributed by atoms with Crippen molar-refractivity contribution >= 4 is 22.7 Å². The van der Waals surface area contributed by atoms with E-state index in [1.54, 1.807) is 49.0 Å². The van der Waals surface area contributed by atoms with Crippen molar-refractivity contribution in [1.82, 2.24) is 29.8 Å². The molecule has 0 spiro atoms. The van der Waals surface area contributed by atoms with Crippen molar-refractivity contribution in [2.75, 3.05) is 12.3 Å². The van der Waals surface area contributed by atoms with Crippen LogP contribution in [-0.2, 0) is 6.54 Å². The van der Waals surface area contributed by atoms with Crippen LogP contribution in [0.1, 0.15) is 37.6 Å². The van der Waals surface area contributed by atoms with Crippen molar-refractivity contribution in [3.8, 4) is 41.1 Å². The summed E-state index contributed by atoms with van der Waals surface area (Å²) in [5, 5.41) is 25.1. The molecule has 1 atom stereocenters. The Kier molecular flexibility index (Phi) is 7.53. The van der Waals surface area contributed by atoms with Crippen molar-refractivity contribution in [3.63, 3.8) is 0 Å². The minimum atomic E-state index is -1.28. The number of anilines is 1. The first kappa shape index (κ1) is 26.1. The van der Waals surface area contributed by atoms with E-state index in [0.29, 0.717) is 29.8 Å². The molecule has 194 valence electrons. The molecule has 0 aromatic carbocycles. The Balaban J connectivity index is 1.90. The summed E-state index contributed by atoms with van der Waals surface area (Å²) in [7, 11) is 0. The predicted octanol–water partition coefficient (Wildman–Crippen LogP) is 0.989. The number of aryl methyl sites for hydroxylation is 1. The van der Waals surface area contributed by atoms with Gasteiger partial charge in [-0.15, -0.1) is 0 Å². The topological polar surface area (TPSA) is 214 Å². The average Bonchev–Trinajstić information content (AvgIpc) is 3.46. The number of nitrogens with zero attached hydrogens (tertiary/aromatic N) is 6. The molecule has 8 N–H and O–H groups in total. The Labute approximate surface area is 217 Å². The molecule has 4 heterocycles. The van der Waals surface area contributed by atoms with Crippen LogP contribution in [-0.4, -0.2) is 52.9 Å². The van der Waals surface area contributed by atoms with Crippen LogP contribution < -0.4 is 21.9 Å². The van der Waals surface area contributed by atoms with Gasteiger partial charge in [-0.1, -0.05) is 11.8 Å². The smallest absolute Gasteiger partial charge is 0.217 e. The highest BCUT2D eigenvalue weighted by molar-refractivity contribution is 5.94. The molecule has 0 fully saturated rings. The first-order chi connectivity index (χ1) is 18.2. The number of rotatable bonds is 7. The first-order valence-corrected chi connectivity index (χ1v) is 11.5. The van der Waals surface area contributed by atoms with Gasteiger partial charge in [-0.25, -0.2) is 14.6 Å². The maximum atomic E-state index is 10.2. The summed E-state index contributed by atoms with van der Waals surface area (Å²) in [6.07, 6.45) is 3.12.